The summed E-state index contributed by atoms with van der Waals surface area (Å²) < 4.78 is 10.7. The highest BCUT2D eigenvalue weighted by Gasteiger charge is 2.16. The number of carbonyl (C=O) groups is 2. The molecule has 1 N–H and O–H groups in total. The van der Waals surface area contributed by atoms with E-state index in [0.29, 0.717) is 12.8 Å². The molecule has 5 nitrogen and oxygen atoms in total. The third-order valence-electron chi connectivity index (χ3n) is 13.4. The number of aliphatic hydroxyl groups is 1. The van der Waals surface area contributed by atoms with Gasteiger partial charge < -0.3 is 14.6 Å². The van der Waals surface area contributed by atoms with Crippen LogP contribution in [0.15, 0.2) is 48.6 Å². The predicted molar refractivity (Wildman–Crippen MR) is 293 cm³/mol. The summed E-state index contributed by atoms with van der Waals surface area (Å²) in [6, 6.07) is 0. The summed E-state index contributed by atoms with van der Waals surface area (Å²) in [5.41, 5.74) is 0. The van der Waals surface area contributed by atoms with E-state index in [1.807, 2.05) is 0 Å². The first-order chi connectivity index (χ1) is 33.1. The molecule has 0 heterocycles. The van der Waals surface area contributed by atoms with Gasteiger partial charge in [-0.1, -0.05) is 300 Å². The van der Waals surface area contributed by atoms with Crippen molar-refractivity contribution in [2.45, 2.75) is 322 Å². The van der Waals surface area contributed by atoms with Crippen molar-refractivity contribution in [2.75, 3.05) is 13.2 Å². The molecule has 1 atom stereocenters. The van der Waals surface area contributed by atoms with Crippen molar-refractivity contribution in [3.05, 3.63) is 48.6 Å². The van der Waals surface area contributed by atoms with Crippen molar-refractivity contribution in [3.63, 3.8) is 0 Å². The molecule has 0 amide bonds. The fourth-order valence-electron chi connectivity index (χ4n) is 8.96. The standard InChI is InChI=1S/C62H114O5/c1-3-5-7-9-11-13-15-17-19-21-23-25-26-27-28-29-30-31-32-33-34-35-37-38-40-42-44-46-48-50-52-54-56-61(64)66-59-60(58-63)67-62(65)57-55-53-51-49-47-45-43-41-39-36-24-22-20-18-16-14-12-10-8-6-4-2/h6,8,12,14,18,20,24,36,60,63H,3-5,7,9-11,13,15-17,19,21-23,25-35,37-59H2,1-2H3/b8-6-,14-12-,20-18-,36-24-. The Morgan fingerprint density at radius 2 is 0.642 bits per heavy atom. The highest BCUT2D eigenvalue weighted by molar-refractivity contribution is 5.70. The maximum absolute atomic E-state index is 12.3. The molecule has 0 aliphatic heterocycles. The summed E-state index contributed by atoms with van der Waals surface area (Å²) in [4.78, 5) is 24.5. The summed E-state index contributed by atoms with van der Waals surface area (Å²) in [5, 5.41) is 9.65. The van der Waals surface area contributed by atoms with Gasteiger partial charge in [-0.05, 0) is 51.4 Å². The van der Waals surface area contributed by atoms with Crippen LogP contribution in [-0.2, 0) is 19.1 Å². The average Bonchev–Trinajstić information content (AvgIpc) is 3.33. The van der Waals surface area contributed by atoms with E-state index in [9.17, 15) is 14.7 Å². The molecular formula is C62H114O5. The lowest BCUT2D eigenvalue weighted by Gasteiger charge is -2.15. The van der Waals surface area contributed by atoms with Crippen molar-refractivity contribution in [2.24, 2.45) is 0 Å². The lowest BCUT2D eigenvalue weighted by Crippen LogP contribution is -2.28. The molecule has 0 aromatic carbocycles. The number of hydrogen-bond donors (Lipinski definition) is 1. The van der Waals surface area contributed by atoms with Crippen LogP contribution in [0.5, 0.6) is 0 Å². The molecule has 67 heavy (non-hydrogen) atoms. The molecule has 0 aromatic rings. The Kier molecular flexibility index (Phi) is 56.3. The molecule has 392 valence electrons. The van der Waals surface area contributed by atoms with Crippen LogP contribution < -0.4 is 0 Å². The van der Waals surface area contributed by atoms with E-state index in [1.165, 1.54) is 218 Å². The number of allylic oxidation sites excluding steroid dienone is 8. The second-order valence-corrected chi connectivity index (χ2v) is 20.1. The van der Waals surface area contributed by atoms with Gasteiger partial charge >= 0.3 is 11.9 Å². The van der Waals surface area contributed by atoms with E-state index in [1.54, 1.807) is 0 Å². The van der Waals surface area contributed by atoms with Crippen LogP contribution in [0.1, 0.15) is 316 Å². The van der Waals surface area contributed by atoms with Gasteiger partial charge in [-0.25, -0.2) is 0 Å². The maximum atomic E-state index is 12.3. The Labute approximate surface area is 418 Å². The average molecular weight is 940 g/mol. The Hall–Kier alpha value is -2.14. The topological polar surface area (TPSA) is 72.8 Å². The molecule has 0 saturated carbocycles. The van der Waals surface area contributed by atoms with E-state index >= 15 is 0 Å². The van der Waals surface area contributed by atoms with Crippen LogP contribution >= 0.6 is 0 Å². The lowest BCUT2D eigenvalue weighted by atomic mass is 10.0. The van der Waals surface area contributed by atoms with Crippen molar-refractivity contribution < 1.29 is 24.2 Å². The zero-order chi connectivity index (χ0) is 48.5. The molecule has 0 aromatic heterocycles. The van der Waals surface area contributed by atoms with Crippen LogP contribution in [0.4, 0.5) is 0 Å². The molecule has 0 saturated heterocycles. The highest BCUT2D eigenvalue weighted by atomic mass is 16.6. The molecule has 0 aliphatic rings. The van der Waals surface area contributed by atoms with Crippen molar-refractivity contribution in [3.8, 4) is 0 Å². The van der Waals surface area contributed by atoms with Crippen molar-refractivity contribution in [1.82, 2.24) is 0 Å². The number of rotatable bonds is 55. The number of ether oxygens (including phenoxy) is 2. The molecule has 0 aliphatic carbocycles. The number of carbonyl (C=O) groups excluding carboxylic acids is 2. The normalized spacial score (nSPS) is 12.5. The van der Waals surface area contributed by atoms with Crippen LogP contribution in [0.25, 0.3) is 0 Å². The summed E-state index contributed by atoms with van der Waals surface area (Å²) >= 11 is 0. The quantitative estimate of drug-likeness (QED) is 0.0374. The first kappa shape index (κ1) is 64.9. The minimum atomic E-state index is -0.777. The minimum absolute atomic E-state index is 0.0665. The summed E-state index contributed by atoms with van der Waals surface area (Å²) in [6.07, 6.45) is 76.8. The van der Waals surface area contributed by atoms with Gasteiger partial charge in [0, 0.05) is 12.8 Å². The minimum Gasteiger partial charge on any atom is -0.462 e. The SMILES string of the molecule is CC/C=C\C/C=C\C/C=C\C/C=C\CCCCCCCCCCC(=O)OC(CO)COC(=O)CCCCCCCCCCCCCCCCCCCCCCCCCCCCCCCCCC. The second kappa shape index (κ2) is 58.2. The summed E-state index contributed by atoms with van der Waals surface area (Å²) in [6.45, 7) is 4.06. The fourth-order valence-corrected chi connectivity index (χ4v) is 8.96. The zero-order valence-corrected chi connectivity index (χ0v) is 44.9. The number of unbranched alkanes of at least 4 members (excludes halogenated alkanes) is 39. The molecule has 5 heteroatoms. The second-order valence-electron chi connectivity index (χ2n) is 20.1. The third kappa shape index (κ3) is 56.3. The number of hydrogen-bond acceptors (Lipinski definition) is 5. The Morgan fingerprint density at radius 3 is 0.970 bits per heavy atom. The van der Waals surface area contributed by atoms with Gasteiger partial charge in [-0.3, -0.25) is 9.59 Å². The van der Waals surface area contributed by atoms with E-state index in [2.05, 4.69) is 62.5 Å². The maximum Gasteiger partial charge on any atom is 0.306 e. The fraction of sp³-hybridized carbons (Fsp3) is 0.839. The Balaban J connectivity index is 3.42. The molecule has 0 fully saturated rings. The molecule has 0 rings (SSSR count). The van der Waals surface area contributed by atoms with Gasteiger partial charge in [0.25, 0.3) is 0 Å². The molecule has 1 unspecified atom stereocenters. The van der Waals surface area contributed by atoms with Gasteiger partial charge in [0.2, 0.25) is 0 Å². The highest BCUT2D eigenvalue weighted by Crippen LogP contribution is 2.18. The smallest absolute Gasteiger partial charge is 0.306 e. The largest absolute Gasteiger partial charge is 0.462 e. The first-order valence-corrected chi connectivity index (χ1v) is 29.7. The number of esters is 2. The van der Waals surface area contributed by atoms with Crippen molar-refractivity contribution >= 4 is 11.9 Å². The van der Waals surface area contributed by atoms with Crippen molar-refractivity contribution in [1.29, 1.82) is 0 Å². The molecular weight excluding hydrogens is 825 g/mol. The predicted octanol–water partition coefficient (Wildman–Crippen LogP) is 20.0. The number of aliphatic hydroxyl groups excluding tert-OH is 1. The van der Waals surface area contributed by atoms with Crippen LogP contribution in [0.3, 0.4) is 0 Å². The summed E-state index contributed by atoms with van der Waals surface area (Å²) in [5.74, 6) is -0.586. The summed E-state index contributed by atoms with van der Waals surface area (Å²) in [7, 11) is 0. The van der Waals surface area contributed by atoms with Gasteiger partial charge in [0.1, 0.15) is 6.61 Å². The molecule has 0 spiro atoms. The van der Waals surface area contributed by atoms with Gasteiger partial charge in [-0.2, -0.15) is 0 Å². The zero-order valence-electron chi connectivity index (χ0n) is 44.9. The first-order valence-electron chi connectivity index (χ1n) is 29.7. The van der Waals surface area contributed by atoms with E-state index in [-0.39, 0.29) is 25.2 Å². The van der Waals surface area contributed by atoms with Gasteiger partial charge in [0.15, 0.2) is 6.10 Å². The Morgan fingerprint density at radius 1 is 0.358 bits per heavy atom. The lowest BCUT2D eigenvalue weighted by molar-refractivity contribution is -0.161. The molecule has 0 bridgehead atoms. The molecule has 0 radical (unpaired) electrons. The third-order valence-corrected chi connectivity index (χ3v) is 13.4. The van der Waals surface area contributed by atoms with Crippen LogP contribution in [-0.4, -0.2) is 36.4 Å². The monoisotopic (exact) mass is 939 g/mol. The van der Waals surface area contributed by atoms with Gasteiger partial charge in [0.05, 0.1) is 6.61 Å². The van der Waals surface area contributed by atoms with Crippen LogP contribution in [0.2, 0.25) is 0 Å². The Bertz CT molecular complexity index is 1110. The van der Waals surface area contributed by atoms with Gasteiger partial charge in [-0.15, -0.1) is 0 Å². The van der Waals surface area contributed by atoms with E-state index in [4.69, 9.17) is 9.47 Å². The van der Waals surface area contributed by atoms with Crippen LogP contribution in [0, 0.1) is 0 Å². The van der Waals surface area contributed by atoms with E-state index in [0.717, 1.165) is 70.6 Å². The van der Waals surface area contributed by atoms with E-state index < -0.39 is 6.10 Å².